The molecule has 0 amide bonds. The fourth-order valence-electron chi connectivity index (χ4n) is 5.10. The van der Waals surface area contributed by atoms with Gasteiger partial charge in [0.2, 0.25) is 5.95 Å². The summed E-state index contributed by atoms with van der Waals surface area (Å²) in [4.78, 5) is 27.9. The van der Waals surface area contributed by atoms with Crippen LogP contribution in [-0.4, -0.2) is 81.7 Å². The molecule has 1 aliphatic rings. The van der Waals surface area contributed by atoms with Crippen molar-refractivity contribution in [1.29, 1.82) is 0 Å². The summed E-state index contributed by atoms with van der Waals surface area (Å²) in [5.41, 5.74) is 4.84. The minimum atomic E-state index is -2.89. The molecule has 1 radical (unpaired) electrons. The van der Waals surface area contributed by atoms with Crippen molar-refractivity contribution < 1.29 is 23.0 Å². The van der Waals surface area contributed by atoms with E-state index < -0.39 is 6.61 Å². The molecule has 0 saturated carbocycles. The molecule has 4 heterocycles. The molecule has 5 rings (SSSR count). The van der Waals surface area contributed by atoms with E-state index in [4.69, 9.17) is 9.47 Å². The smallest absolute Gasteiger partial charge is 0.387 e. The SMILES string of the molecule is COC(=O)[C@@H]1CCN(c2ncc(-c3ccc4nc(C)c(Cc5ccccc5OC(F)F)n4c3)cn2)C[C@H]1C.[Na]. The maximum Gasteiger partial charge on any atom is 0.387 e. The molecule has 0 spiro atoms. The van der Waals surface area contributed by atoms with E-state index in [2.05, 4.69) is 19.9 Å². The number of aryl methyl sites for hydroxylation is 1. The van der Waals surface area contributed by atoms with Crippen LogP contribution in [0.3, 0.4) is 0 Å². The summed E-state index contributed by atoms with van der Waals surface area (Å²) in [6, 6.07) is 10.7. The largest absolute Gasteiger partial charge is 0.469 e. The van der Waals surface area contributed by atoms with Gasteiger partial charge in [0.15, 0.2) is 0 Å². The predicted octanol–water partition coefficient (Wildman–Crippen LogP) is 4.55. The Labute approximate surface area is 247 Å². The van der Waals surface area contributed by atoms with Gasteiger partial charge < -0.3 is 18.8 Å². The van der Waals surface area contributed by atoms with Gasteiger partial charge in [-0.2, -0.15) is 8.78 Å². The Kier molecular flexibility index (Phi) is 9.19. The molecule has 1 aromatic carbocycles. The van der Waals surface area contributed by atoms with E-state index in [0.717, 1.165) is 28.2 Å². The second kappa shape index (κ2) is 12.4. The number of halogens is 2. The standard InChI is InChI=1S/C28H29F2N5O3.Na/c1-17-15-34(11-10-22(17)26(36)37-3)28-31-13-21(14-32-28)20-8-9-25-33-18(2)23(35(25)16-20)12-19-6-4-5-7-24(19)38-27(29)30;/h4-9,13-14,16-17,22,27H,10-12,15H2,1-3H3;/t17-,22-;/m1./s1. The van der Waals surface area contributed by atoms with Crippen LogP contribution in [0.4, 0.5) is 14.7 Å². The Balaban J connectivity index is 0.00000353. The van der Waals surface area contributed by atoms with E-state index in [0.29, 0.717) is 37.4 Å². The number of carbonyl (C=O) groups excluding carboxylic acids is 1. The molecule has 1 aliphatic heterocycles. The third kappa shape index (κ3) is 6.23. The number of nitrogens with zero attached hydrogens (tertiary/aromatic N) is 5. The van der Waals surface area contributed by atoms with Crippen LogP contribution in [0.2, 0.25) is 0 Å². The van der Waals surface area contributed by atoms with Crippen molar-refractivity contribution in [3.8, 4) is 16.9 Å². The zero-order valence-electron chi connectivity index (χ0n) is 22.5. The van der Waals surface area contributed by atoms with Crippen molar-refractivity contribution in [2.45, 2.75) is 33.3 Å². The molecular weight excluding hydrogens is 515 g/mol. The Hall–Kier alpha value is -3.08. The van der Waals surface area contributed by atoms with Gasteiger partial charge in [-0.3, -0.25) is 4.79 Å². The summed E-state index contributed by atoms with van der Waals surface area (Å²) in [6.07, 6.45) is 6.62. The number of rotatable bonds is 7. The zero-order chi connectivity index (χ0) is 26.8. The zero-order valence-corrected chi connectivity index (χ0v) is 24.5. The molecule has 3 aromatic heterocycles. The van der Waals surface area contributed by atoms with Crippen molar-refractivity contribution in [2.75, 3.05) is 25.1 Å². The molecule has 2 atom stereocenters. The normalized spacial score (nSPS) is 17.2. The number of aromatic nitrogens is 4. The number of fused-ring (bicyclic) bond motifs is 1. The first-order chi connectivity index (χ1) is 18.3. The summed E-state index contributed by atoms with van der Waals surface area (Å²) in [6.45, 7) is 2.42. The molecule has 0 bridgehead atoms. The van der Waals surface area contributed by atoms with Crippen molar-refractivity contribution in [3.63, 3.8) is 0 Å². The van der Waals surface area contributed by atoms with E-state index >= 15 is 0 Å². The van der Waals surface area contributed by atoms with Gasteiger partial charge in [0.1, 0.15) is 11.4 Å². The number of pyridine rings is 1. The van der Waals surface area contributed by atoms with Crippen LogP contribution in [-0.2, 0) is 16.0 Å². The number of hydrogen-bond acceptors (Lipinski definition) is 7. The van der Waals surface area contributed by atoms with Gasteiger partial charge in [0, 0.05) is 90.0 Å². The van der Waals surface area contributed by atoms with E-state index in [-0.39, 0.29) is 53.1 Å². The van der Waals surface area contributed by atoms with Crippen LogP contribution in [0, 0.1) is 18.8 Å². The minimum Gasteiger partial charge on any atom is -0.469 e. The van der Waals surface area contributed by atoms with Crippen LogP contribution in [0.5, 0.6) is 5.75 Å². The van der Waals surface area contributed by atoms with Gasteiger partial charge in [0.25, 0.3) is 0 Å². The molecule has 0 N–H and O–H groups in total. The topological polar surface area (TPSA) is 81.8 Å². The number of benzene rings is 1. The first-order valence-corrected chi connectivity index (χ1v) is 12.5. The van der Waals surface area contributed by atoms with Gasteiger partial charge in [-0.25, -0.2) is 15.0 Å². The first-order valence-electron chi connectivity index (χ1n) is 12.5. The van der Waals surface area contributed by atoms with Crippen molar-refractivity contribution in [3.05, 3.63) is 71.9 Å². The maximum atomic E-state index is 12.9. The van der Waals surface area contributed by atoms with Crippen molar-refractivity contribution in [2.24, 2.45) is 11.8 Å². The second-order valence-corrected chi connectivity index (χ2v) is 9.57. The van der Waals surface area contributed by atoms with Gasteiger partial charge in [0.05, 0.1) is 18.7 Å². The number of imidazole rings is 1. The number of carbonyl (C=O) groups is 1. The van der Waals surface area contributed by atoms with Crippen LogP contribution < -0.4 is 9.64 Å². The molecule has 1 saturated heterocycles. The number of para-hydroxylation sites is 1. The summed E-state index contributed by atoms with van der Waals surface area (Å²) < 4.78 is 37.4. The van der Waals surface area contributed by atoms with Crippen LogP contribution in [0.15, 0.2) is 55.0 Å². The summed E-state index contributed by atoms with van der Waals surface area (Å²) in [7, 11) is 1.43. The molecule has 1 fully saturated rings. The van der Waals surface area contributed by atoms with Crippen LogP contribution in [0.1, 0.15) is 30.3 Å². The quantitative estimate of drug-likeness (QED) is 0.250. The number of methoxy groups -OCH3 is 1. The predicted molar refractivity (Wildman–Crippen MR) is 144 cm³/mol. The molecular formula is C28H29F2N5NaO3. The van der Waals surface area contributed by atoms with E-state index in [1.54, 1.807) is 36.7 Å². The molecule has 8 nitrogen and oxygen atoms in total. The Morgan fingerprint density at radius 3 is 2.56 bits per heavy atom. The van der Waals surface area contributed by atoms with Crippen LogP contribution >= 0.6 is 0 Å². The van der Waals surface area contributed by atoms with Crippen molar-refractivity contribution in [1.82, 2.24) is 19.4 Å². The molecule has 199 valence electrons. The Bertz CT molecular complexity index is 1450. The van der Waals surface area contributed by atoms with Crippen molar-refractivity contribution >= 4 is 47.1 Å². The number of alkyl halides is 2. The van der Waals surface area contributed by atoms with E-state index in [1.165, 1.54) is 7.11 Å². The van der Waals surface area contributed by atoms with E-state index in [1.807, 2.05) is 36.6 Å². The van der Waals surface area contributed by atoms with E-state index in [9.17, 15) is 13.6 Å². The third-order valence-electron chi connectivity index (χ3n) is 7.13. The molecule has 0 aliphatic carbocycles. The molecule has 4 aromatic rings. The van der Waals surface area contributed by atoms with Gasteiger partial charge in [-0.05, 0) is 37.5 Å². The molecule has 39 heavy (non-hydrogen) atoms. The van der Waals surface area contributed by atoms with Gasteiger partial charge >= 0.3 is 12.6 Å². The molecule has 0 unspecified atom stereocenters. The Morgan fingerprint density at radius 2 is 1.87 bits per heavy atom. The van der Waals surface area contributed by atoms with Gasteiger partial charge in [-0.1, -0.05) is 25.1 Å². The monoisotopic (exact) mass is 544 g/mol. The first kappa shape index (κ1) is 28.9. The van der Waals surface area contributed by atoms with Gasteiger partial charge in [-0.15, -0.1) is 0 Å². The number of esters is 1. The Morgan fingerprint density at radius 1 is 1.13 bits per heavy atom. The maximum absolute atomic E-state index is 12.9. The number of anilines is 1. The number of ether oxygens (including phenoxy) is 2. The second-order valence-electron chi connectivity index (χ2n) is 9.57. The summed E-state index contributed by atoms with van der Waals surface area (Å²) >= 11 is 0. The number of hydrogen-bond donors (Lipinski definition) is 0. The fraction of sp³-hybridized carbons (Fsp3) is 0.357. The average Bonchev–Trinajstić information content (AvgIpc) is 3.23. The number of piperidine rings is 1. The average molecular weight is 545 g/mol. The third-order valence-corrected chi connectivity index (χ3v) is 7.13. The minimum absolute atomic E-state index is 0. The summed E-state index contributed by atoms with van der Waals surface area (Å²) in [5, 5.41) is 0. The molecule has 11 heteroatoms. The fourth-order valence-corrected chi connectivity index (χ4v) is 5.10. The van der Waals surface area contributed by atoms with Crippen LogP contribution in [0.25, 0.3) is 16.8 Å². The summed E-state index contributed by atoms with van der Waals surface area (Å²) in [5.74, 6) is 0.648.